The Labute approximate surface area is 87.0 Å². The molecule has 82 valence electrons. The Balaban J connectivity index is 2.52. The number of carbonyl (C=O) groups is 1. The normalized spacial score (nSPS) is 24.8. The molecular formula is C12H22O2. The minimum atomic E-state index is -0.148. The van der Waals surface area contributed by atoms with Gasteiger partial charge < -0.3 is 4.74 Å². The first-order valence-electron chi connectivity index (χ1n) is 5.63. The lowest BCUT2D eigenvalue weighted by atomic mass is 9.87. The number of hydrogen-bond donors (Lipinski definition) is 0. The molecule has 0 heterocycles. The molecule has 0 aromatic carbocycles. The van der Waals surface area contributed by atoms with Crippen molar-refractivity contribution in [2.24, 2.45) is 5.92 Å². The minimum absolute atomic E-state index is 0.148. The van der Waals surface area contributed by atoms with Crippen LogP contribution in [-0.4, -0.2) is 18.5 Å². The minimum Gasteiger partial charge on any atom is -0.379 e. The lowest BCUT2D eigenvalue weighted by Crippen LogP contribution is -2.29. The molecule has 1 unspecified atom stereocenters. The van der Waals surface area contributed by atoms with Crippen LogP contribution < -0.4 is 0 Å². The SMILES string of the molecule is COC(C)(C)CC1CCCCCC1=O. The Morgan fingerprint density at radius 1 is 1.36 bits per heavy atom. The smallest absolute Gasteiger partial charge is 0.136 e. The molecule has 2 heteroatoms. The zero-order valence-corrected chi connectivity index (χ0v) is 9.64. The van der Waals surface area contributed by atoms with Gasteiger partial charge in [0.25, 0.3) is 0 Å². The summed E-state index contributed by atoms with van der Waals surface area (Å²) in [7, 11) is 1.72. The Morgan fingerprint density at radius 3 is 2.71 bits per heavy atom. The number of carbonyl (C=O) groups excluding carboxylic acids is 1. The molecule has 0 aliphatic heterocycles. The van der Waals surface area contributed by atoms with Crippen molar-refractivity contribution < 1.29 is 9.53 Å². The van der Waals surface area contributed by atoms with Crippen molar-refractivity contribution in [3.63, 3.8) is 0 Å². The van der Waals surface area contributed by atoms with E-state index in [4.69, 9.17) is 4.74 Å². The van der Waals surface area contributed by atoms with Crippen molar-refractivity contribution in [2.75, 3.05) is 7.11 Å². The summed E-state index contributed by atoms with van der Waals surface area (Å²) >= 11 is 0. The summed E-state index contributed by atoms with van der Waals surface area (Å²) in [5, 5.41) is 0. The Kier molecular flexibility index (Phi) is 4.11. The zero-order chi connectivity index (χ0) is 10.6. The van der Waals surface area contributed by atoms with E-state index in [1.54, 1.807) is 7.11 Å². The average molecular weight is 198 g/mol. The molecule has 0 spiro atoms. The van der Waals surface area contributed by atoms with Gasteiger partial charge in [-0.1, -0.05) is 12.8 Å². The Morgan fingerprint density at radius 2 is 2.07 bits per heavy atom. The summed E-state index contributed by atoms with van der Waals surface area (Å²) in [6, 6.07) is 0. The Hall–Kier alpha value is -0.370. The maximum atomic E-state index is 11.8. The average Bonchev–Trinajstić information content (AvgIpc) is 2.32. The van der Waals surface area contributed by atoms with Crippen molar-refractivity contribution in [2.45, 2.75) is 58.0 Å². The zero-order valence-electron chi connectivity index (χ0n) is 9.64. The third-order valence-electron chi connectivity index (χ3n) is 3.22. The molecule has 14 heavy (non-hydrogen) atoms. The van der Waals surface area contributed by atoms with Crippen LogP contribution >= 0.6 is 0 Å². The van der Waals surface area contributed by atoms with Crippen LogP contribution in [0.15, 0.2) is 0 Å². The summed E-state index contributed by atoms with van der Waals surface area (Å²) in [5.74, 6) is 0.695. The van der Waals surface area contributed by atoms with E-state index in [1.165, 1.54) is 12.8 Å². The van der Waals surface area contributed by atoms with Gasteiger partial charge in [-0.15, -0.1) is 0 Å². The van der Waals surface area contributed by atoms with E-state index < -0.39 is 0 Å². The second kappa shape index (κ2) is 4.92. The van der Waals surface area contributed by atoms with Crippen LogP contribution in [0.5, 0.6) is 0 Å². The molecule has 0 aromatic heterocycles. The van der Waals surface area contributed by atoms with Crippen LogP contribution in [0.25, 0.3) is 0 Å². The molecule has 1 aliphatic carbocycles. The van der Waals surface area contributed by atoms with Crippen molar-refractivity contribution in [3.8, 4) is 0 Å². The Bertz CT molecular complexity index is 196. The van der Waals surface area contributed by atoms with E-state index in [0.29, 0.717) is 5.78 Å². The van der Waals surface area contributed by atoms with Crippen LogP contribution in [0.3, 0.4) is 0 Å². The highest BCUT2D eigenvalue weighted by atomic mass is 16.5. The van der Waals surface area contributed by atoms with E-state index in [2.05, 4.69) is 13.8 Å². The maximum absolute atomic E-state index is 11.8. The number of hydrogen-bond acceptors (Lipinski definition) is 2. The van der Waals surface area contributed by atoms with E-state index in [-0.39, 0.29) is 11.5 Å². The van der Waals surface area contributed by atoms with Gasteiger partial charge in [-0.05, 0) is 33.1 Å². The molecule has 0 radical (unpaired) electrons. The summed E-state index contributed by atoms with van der Waals surface area (Å²) < 4.78 is 5.38. The van der Waals surface area contributed by atoms with Gasteiger partial charge in [0.2, 0.25) is 0 Å². The first-order valence-corrected chi connectivity index (χ1v) is 5.63. The predicted molar refractivity (Wildman–Crippen MR) is 57.3 cm³/mol. The van der Waals surface area contributed by atoms with E-state index in [9.17, 15) is 4.79 Å². The highest BCUT2D eigenvalue weighted by molar-refractivity contribution is 5.81. The predicted octanol–water partition coefficient (Wildman–Crippen LogP) is 2.95. The molecule has 0 amide bonds. The number of methoxy groups -OCH3 is 1. The number of rotatable bonds is 3. The van der Waals surface area contributed by atoms with Gasteiger partial charge in [0.05, 0.1) is 5.60 Å². The second-order valence-electron chi connectivity index (χ2n) is 4.93. The van der Waals surface area contributed by atoms with Crippen molar-refractivity contribution in [3.05, 3.63) is 0 Å². The van der Waals surface area contributed by atoms with Crippen molar-refractivity contribution in [1.82, 2.24) is 0 Å². The fourth-order valence-electron chi connectivity index (χ4n) is 2.12. The molecule has 2 nitrogen and oxygen atoms in total. The monoisotopic (exact) mass is 198 g/mol. The second-order valence-corrected chi connectivity index (χ2v) is 4.93. The fraction of sp³-hybridized carbons (Fsp3) is 0.917. The van der Waals surface area contributed by atoms with Gasteiger partial charge in [-0.2, -0.15) is 0 Å². The molecule has 1 saturated carbocycles. The van der Waals surface area contributed by atoms with Gasteiger partial charge in [-0.25, -0.2) is 0 Å². The molecule has 1 rings (SSSR count). The van der Waals surface area contributed by atoms with Gasteiger partial charge in [0, 0.05) is 19.4 Å². The van der Waals surface area contributed by atoms with Gasteiger partial charge in [-0.3, -0.25) is 4.79 Å². The molecule has 1 atom stereocenters. The quantitative estimate of drug-likeness (QED) is 0.652. The van der Waals surface area contributed by atoms with E-state index in [1.807, 2.05) is 0 Å². The molecule has 1 fully saturated rings. The third kappa shape index (κ3) is 3.41. The van der Waals surface area contributed by atoms with Crippen LogP contribution in [0, 0.1) is 5.92 Å². The molecule has 0 N–H and O–H groups in total. The van der Waals surface area contributed by atoms with Crippen molar-refractivity contribution in [1.29, 1.82) is 0 Å². The largest absolute Gasteiger partial charge is 0.379 e. The van der Waals surface area contributed by atoms with Gasteiger partial charge >= 0.3 is 0 Å². The first kappa shape index (κ1) is 11.7. The lowest BCUT2D eigenvalue weighted by Gasteiger charge is -2.27. The standard InChI is InChI=1S/C12H22O2/c1-12(2,14-3)9-10-7-5-4-6-8-11(10)13/h10H,4-9H2,1-3H3. The van der Waals surface area contributed by atoms with Gasteiger partial charge in [0.1, 0.15) is 5.78 Å². The third-order valence-corrected chi connectivity index (χ3v) is 3.22. The number of ketones is 1. The maximum Gasteiger partial charge on any atom is 0.136 e. The topological polar surface area (TPSA) is 26.3 Å². The summed E-state index contributed by atoms with van der Waals surface area (Å²) in [6.07, 6.45) is 6.23. The van der Waals surface area contributed by atoms with Crippen LogP contribution in [0.4, 0.5) is 0 Å². The fourth-order valence-corrected chi connectivity index (χ4v) is 2.12. The molecular weight excluding hydrogens is 176 g/mol. The van der Waals surface area contributed by atoms with Crippen LogP contribution in [0.2, 0.25) is 0 Å². The highest BCUT2D eigenvalue weighted by Crippen LogP contribution is 2.28. The first-order chi connectivity index (χ1) is 6.55. The number of Topliss-reactive ketones (excluding diaryl/α,β-unsaturated/α-hetero) is 1. The molecule has 0 saturated heterocycles. The van der Waals surface area contributed by atoms with Gasteiger partial charge in [0.15, 0.2) is 0 Å². The molecule has 0 aromatic rings. The lowest BCUT2D eigenvalue weighted by molar-refractivity contribution is -0.125. The highest BCUT2D eigenvalue weighted by Gasteiger charge is 2.28. The molecule has 1 aliphatic rings. The summed E-state index contributed by atoms with van der Waals surface area (Å²) in [5.41, 5.74) is -0.148. The summed E-state index contributed by atoms with van der Waals surface area (Å²) in [4.78, 5) is 11.8. The van der Waals surface area contributed by atoms with Crippen LogP contribution in [-0.2, 0) is 9.53 Å². The van der Waals surface area contributed by atoms with E-state index >= 15 is 0 Å². The van der Waals surface area contributed by atoms with Crippen molar-refractivity contribution >= 4 is 5.78 Å². The molecule has 0 bridgehead atoms. The van der Waals surface area contributed by atoms with Crippen LogP contribution in [0.1, 0.15) is 52.4 Å². The summed E-state index contributed by atoms with van der Waals surface area (Å²) in [6.45, 7) is 4.12. The van der Waals surface area contributed by atoms with E-state index in [0.717, 1.165) is 25.7 Å². The number of ether oxygens (including phenoxy) is 1.